The van der Waals surface area contributed by atoms with Gasteiger partial charge in [-0.25, -0.2) is 0 Å². The van der Waals surface area contributed by atoms with Crippen LogP contribution >= 0.6 is 0 Å². The van der Waals surface area contributed by atoms with Crippen molar-refractivity contribution in [1.82, 2.24) is 0 Å². The molecular formula is C20H26O3. The van der Waals surface area contributed by atoms with Crippen molar-refractivity contribution in [3.63, 3.8) is 0 Å². The lowest BCUT2D eigenvalue weighted by atomic mass is 9.77. The van der Waals surface area contributed by atoms with E-state index in [0.29, 0.717) is 0 Å². The molecule has 0 fully saturated rings. The summed E-state index contributed by atoms with van der Waals surface area (Å²) in [5, 5.41) is 0. The monoisotopic (exact) mass is 314 g/mol. The number of benzene rings is 2. The topological polar surface area (TPSA) is 27.7 Å². The Hall–Kier alpha value is -2.00. The van der Waals surface area contributed by atoms with E-state index in [9.17, 15) is 0 Å². The van der Waals surface area contributed by atoms with E-state index in [1.807, 2.05) is 12.1 Å². The maximum atomic E-state index is 5.57. The second-order valence-electron chi connectivity index (χ2n) is 6.34. The normalized spacial score (nSPS) is 11.4. The number of rotatable bonds is 6. The van der Waals surface area contributed by atoms with Gasteiger partial charge in [0.25, 0.3) is 0 Å². The fourth-order valence-corrected chi connectivity index (χ4v) is 2.76. The summed E-state index contributed by atoms with van der Waals surface area (Å²) >= 11 is 0. The van der Waals surface area contributed by atoms with Crippen molar-refractivity contribution < 1.29 is 14.2 Å². The van der Waals surface area contributed by atoms with Crippen LogP contribution < -0.4 is 9.47 Å². The number of methoxy groups -OCH3 is 2. The molecule has 0 unspecified atom stereocenters. The zero-order valence-electron chi connectivity index (χ0n) is 14.9. The van der Waals surface area contributed by atoms with E-state index < -0.39 is 0 Å². The minimum Gasteiger partial charge on any atom is -0.496 e. The number of hydrogen-bond acceptors (Lipinski definition) is 3. The molecule has 3 nitrogen and oxygen atoms in total. The first-order valence-corrected chi connectivity index (χ1v) is 7.78. The van der Waals surface area contributed by atoms with E-state index in [0.717, 1.165) is 22.6 Å². The van der Waals surface area contributed by atoms with Crippen LogP contribution in [0.5, 0.6) is 11.5 Å². The third kappa shape index (κ3) is 3.67. The van der Waals surface area contributed by atoms with Gasteiger partial charge in [-0.05, 0) is 48.2 Å². The molecule has 23 heavy (non-hydrogen) atoms. The maximum absolute atomic E-state index is 5.57. The van der Waals surface area contributed by atoms with Crippen LogP contribution in [0.4, 0.5) is 0 Å². The van der Waals surface area contributed by atoms with E-state index in [1.165, 1.54) is 11.1 Å². The lowest BCUT2D eigenvalue weighted by Crippen LogP contribution is -2.19. The van der Waals surface area contributed by atoms with Gasteiger partial charge in [0.1, 0.15) is 11.5 Å². The van der Waals surface area contributed by atoms with Crippen LogP contribution in [0.1, 0.15) is 36.1 Å². The van der Waals surface area contributed by atoms with Crippen molar-refractivity contribution in [2.45, 2.75) is 33.1 Å². The lowest BCUT2D eigenvalue weighted by Gasteiger charge is -2.27. The SMILES string of the molecule is COCOc1ccc(C(C)(C)c2ccc(OC)c(C)c2)cc1C. The van der Waals surface area contributed by atoms with Gasteiger partial charge < -0.3 is 14.2 Å². The van der Waals surface area contributed by atoms with Gasteiger partial charge in [0.15, 0.2) is 6.79 Å². The first kappa shape index (κ1) is 17.4. The molecule has 0 aliphatic heterocycles. The average Bonchev–Trinajstić information content (AvgIpc) is 2.53. The lowest BCUT2D eigenvalue weighted by molar-refractivity contribution is 0.0506. The second-order valence-corrected chi connectivity index (χ2v) is 6.34. The largest absolute Gasteiger partial charge is 0.496 e. The molecule has 0 radical (unpaired) electrons. The summed E-state index contributed by atoms with van der Waals surface area (Å²) in [7, 11) is 3.33. The van der Waals surface area contributed by atoms with Gasteiger partial charge in [0.2, 0.25) is 0 Å². The Labute approximate surface area is 139 Å². The van der Waals surface area contributed by atoms with Gasteiger partial charge in [-0.15, -0.1) is 0 Å². The minimum absolute atomic E-state index is 0.0957. The molecule has 2 rings (SSSR count). The van der Waals surface area contributed by atoms with Gasteiger partial charge in [-0.1, -0.05) is 38.1 Å². The smallest absolute Gasteiger partial charge is 0.188 e. The van der Waals surface area contributed by atoms with Gasteiger partial charge in [0.05, 0.1) is 7.11 Å². The van der Waals surface area contributed by atoms with Crippen molar-refractivity contribution in [3.05, 3.63) is 58.7 Å². The highest BCUT2D eigenvalue weighted by Gasteiger charge is 2.24. The summed E-state index contributed by atoms with van der Waals surface area (Å²) in [5.74, 6) is 1.78. The molecule has 0 aliphatic rings. The molecule has 124 valence electrons. The standard InChI is InChI=1S/C20H26O3/c1-14-11-16(7-9-18(14)22-6)20(3,4)17-8-10-19(15(2)12-17)23-13-21-5/h7-12H,13H2,1-6H3. The van der Waals surface area contributed by atoms with Gasteiger partial charge >= 0.3 is 0 Å². The number of hydrogen-bond donors (Lipinski definition) is 0. The fourth-order valence-electron chi connectivity index (χ4n) is 2.76. The average molecular weight is 314 g/mol. The maximum Gasteiger partial charge on any atom is 0.188 e. The Morgan fingerprint density at radius 3 is 1.78 bits per heavy atom. The molecular weight excluding hydrogens is 288 g/mol. The Kier molecular flexibility index (Phi) is 5.32. The van der Waals surface area contributed by atoms with Crippen LogP contribution in [0.25, 0.3) is 0 Å². The predicted molar refractivity (Wildman–Crippen MR) is 93.5 cm³/mol. The zero-order valence-corrected chi connectivity index (χ0v) is 14.9. The van der Waals surface area contributed by atoms with E-state index in [4.69, 9.17) is 14.2 Å². The summed E-state index contributed by atoms with van der Waals surface area (Å²) in [6.45, 7) is 8.87. The number of ether oxygens (including phenoxy) is 3. The van der Waals surface area contributed by atoms with E-state index in [1.54, 1.807) is 14.2 Å². The summed E-state index contributed by atoms with van der Waals surface area (Å²) in [4.78, 5) is 0. The van der Waals surface area contributed by atoms with Crippen LogP contribution in [0.15, 0.2) is 36.4 Å². The van der Waals surface area contributed by atoms with Crippen molar-refractivity contribution >= 4 is 0 Å². The highest BCUT2D eigenvalue weighted by atomic mass is 16.7. The summed E-state index contributed by atoms with van der Waals surface area (Å²) in [5.41, 5.74) is 4.68. The van der Waals surface area contributed by atoms with E-state index in [-0.39, 0.29) is 12.2 Å². The molecule has 0 saturated heterocycles. The molecule has 2 aromatic rings. The van der Waals surface area contributed by atoms with E-state index >= 15 is 0 Å². The molecule has 2 aromatic carbocycles. The fraction of sp³-hybridized carbons (Fsp3) is 0.400. The Morgan fingerprint density at radius 1 is 0.826 bits per heavy atom. The summed E-state index contributed by atoms with van der Waals surface area (Å²) < 4.78 is 15.9. The summed E-state index contributed by atoms with van der Waals surface area (Å²) in [6.07, 6.45) is 0. The van der Waals surface area contributed by atoms with Crippen LogP contribution in [-0.2, 0) is 10.2 Å². The van der Waals surface area contributed by atoms with E-state index in [2.05, 4.69) is 52.0 Å². The molecule has 0 heterocycles. The molecule has 0 N–H and O–H groups in total. The highest BCUT2D eigenvalue weighted by Crippen LogP contribution is 2.35. The Balaban J connectivity index is 2.35. The quantitative estimate of drug-likeness (QED) is 0.728. The van der Waals surface area contributed by atoms with Crippen LogP contribution in [0.2, 0.25) is 0 Å². The molecule has 0 amide bonds. The first-order valence-electron chi connectivity index (χ1n) is 7.78. The van der Waals surface area contributed by atoms with Crippen molar-refractivity contribution in [2.75, 3.05) is 21.0 Å². The third-order valence-electron chi connectivity index (χ3n) is 4.35. The molecule has 0 spiro atoms. The Bertz CT molecular complexity index is 675. The van der Waals surface area contributed by atoms with Gasteiger partial charge in [-0.3, -0.25) is 0 Å². The van der Waals surface area contributed by atoms with Crippen LogP contribution in [-0.4, -0.2) is 21.0 Å². The molecule has 0 bridgehead atoms. The zero-order chi connectivity index (χ0) is 17.0. The number of aryl methyl sites for hydroxylation is 2. The predicted octanol–water partition coefficient (Wildman–Crippen LogP) is 4.62. The second kappa shape index (κ2) is 7.05. The first-order chi connectivity index (χ1) is 10.9. The molecule has 0 saturated carbocycles. The van der Waals surface area contributed by atoms with Crippen molar-refractivity contribution in [2.24, 2.45) is 0 Å². The summed E-state index contributed by atoms with van der Waals surface area (Å²) in [6, 6.07) is 12.7. The third-order valence-corrected chi connectivity index (χ3v) is 4.35. The minimum atomic E-state index is -0.0957. The van der Waals surface area contributed by atoms with Crippen molar-refractivity contribution in [1.29, 1.82) is 0 Å². The van der Waals surface area contributed by atoms with Crippen molar-refractivity contribution in [3.8, 4) is 11.5 Å². The van der Waals surface area contributed by atoms with Gasteiger partial charge in [-0.2, -0.15) is 0 Å². The molecule has 0 aliphatic carbocycles. The highest BCUT2D eigenvalue weighted by molar-refractivity contribution is 5.47. The molecule has 3 heteroatoms. The molecule has 0 atom stereocenters. The van der Waals surface area contributed by atoms with Crippen LogP contribution in [0, 0.1) is 13.8 Å². The Morgan fingerprint density at radius 2 is 1.35 bits per heavy atom. The molecule has 0 aromatic heterocycles. The van der Waals surface area contributed by atoms with Crippen LogP contribution in [0.3, 0.4) is 0 Å². The van der Waals surface area contributed by atoms with Gasteiger partial charge in [0, 0.05) is 12.5 Å².